The summed E-state index contributed by atoms with van der Waals surface area (Å²) in [5.74, 6) is 0.962. The van der Waals surface area contributed by atoms with E-state index in [2.05, 4.69) is 10.6 Å². The third-order valence-electron chi connectivity index (χ3n) is 2.24. The van der Waals surface area contributed by atoms with Gasteiger partial charge in [0, 0.05) is 19.1 Å². The van der Waals surface area contributed by atoms with Crippen LogP contribution < -0.4 is 10.6 Å². The highest BCUT2D eigenvalue weighted by Gasteiger charge is 2.30. The Kier molecular flexibility index (Phi) is 1.02. The maximum atomic E-state index is 3.41. The molecule has 2 nitrogen and oxygen atoms in total. The number of hydrogen-bond acceptors (Lipinski definition) is 2. The normalized spacial score (nSPS) is 38.2. The van der Waals surface area contributed by atoms with E-state index >= 15 is 0 Å². The molecule has 2 N–H and O–H groups in total. The van der Waals surface area contributed by atoms with Gasteiger partial charge >= 0.3 is 0 Å². The van der Waals surface area contributed by atoms with E-state index in [-0.39, 0.29) is 0 Å². The molecule has 0 radical (unpaired) electrons. The summed E-state index contributed by atoms with van der Waals surface area (Å²) in [4.78, 5) is 0. The Hall–Kier alpha value is -0.0800. The highest BCUT2D eigenvalue weighted by molar-refractivity contribution is 4.91. The zero-order valence-electron chi connectivity index (χ0n) is 4.98. The first-order valence-corrected chi connectivity index (χ1v) is 3.41. The molecule has 0 saturated carbocycles. The van der Waals surface area contributed by atoms with Crippen molar-refractivity contribution in [3.8, 4) is 0 Å². The lowest BCUT2D eigenvalue weighted by Crippen LogP contribution is -2.58. The lowest BCUT2D eigenvalue weighted by Gasteiger charge is -2.40. The molecule has 8 heavy (non-hydrogen) atoms. The fourth-order valence-corrected chi connectivity index (χ4v) is 1.31. The van der Waals surface area contributed by atoms with E-state index in [1.165, 1.54) is 26.1 Å². The van der Waals surface area contributed by atoms with Crippen LogP contribution in [-0.2, 0) is 0 Å². The van der Waals surface area contributed by atoms with E-state index in [1.807, 2.05) is 0 Å². The van der Waals surface area contributed by atoms with Crippen molar-refractivity contribution in [3.63, 3.8) is 0 Å². The summed E-state index contributed by atoms with van der Waals surface area (Å²) in [6, 6.07) is 0.872. The van der Waals surface area contributed by atoms with Gasteiger partial charge in [-0.2, -0.15) is 0 Å². The van der Waals surface area contributed by atoms with Gasteiger partial charge in [-0.15, -0.1) is 0 Å². The van der Waals surface area contributed by atoms with Crippen molar-refractivity contribution < 1.29 is 0 Å². The second kappa shape index (κ2) is 1.71. The Labute approximate surface area is 49.7 Å². The highest BCUT2D eigenvalue weighted by atomic mass is 15.1. The Morgan fingerprint density at radius 3 is 2.12 bits per heavy atom. The molecule has 2 heterocycles. The average molecular weight is 112 g/mol. The van der Waals surface area contributed by atoms with Crippen LogP contribution in [-0.4, -0.2) is 25.7 Å². The topological polar surface area (TPSA) is 24.1 Å². The number of nitrogens with one attached hydrogen (secondary N) is 2. The second-order valence-corrected chi connectivity index (χ2v) is 2.77. The minimum Gasteiger partial charge on any atom is -0.316 e. The van der Waals surface area contributed by atoms with E-state index in [4.69, 9.17) is 0 Å². The molecule has 0 amide bonds. The fourth-order valence-electron chi connectivity index (χ4n) is 1.31. The fraction of sp³-hybridized carbons (Fsp3) is 1.00. The Morgan fingerprint density at radius 1 is 1.25 bits per heavy atom. The van der Waals surface area contributed by atoms with E-state index in [0.29, 0.717) is 0 Å². The molecule has 0 aromatic heterocycles. The summed E-state index contributed by atoms with van der Waals surface area (Å²) in [7, 11) is 0. The van der Waals surface area contributed by atoms with Crippen molar-refractivity contribution in [1.29, 1.82) is 0 Å². The zero-order chi connectivity index (χ0) is 5.40. The lowest BCUT2D eigenvalue weighted by atomic mass is 9.87. The Balaban J connectivity index is 1.79. The second-order valence-electron chi connectivity index (χ2n) is 2.77. The van der Waals surface area contributed by atoms with Gasteiger partial charge in [-0.1, -0.05) is 0 Å². The first kappa shape index (κ1) is 4.77. The smallest absolute Gasteiger partial charge is 0.0132 e. The predicted molar refractivity (Wildman–Crippen MR) is 32.8 cm³/mol. The molecule has 46 valence electrons. The summed E-state index contributed by atoms with van der Waals surface area (Å²) in [6.45, 7) is 3.75. The summed E-state index contributed by atoms with van der Waals surface area (Å²) in [6.07, 6.45) is 1.41. The van der Waals surface area contributed by atoms with Gasteiger partial charge in [0.25, 0.3) is 0 Å². The van der Waals surface area contributed by atoms with Crippen LogP contribution in [0.5, 0.6) is 0 Å². The summed E-state index contributed by atoms with van der Waals surface area (Å²) >= 11 is 0. The monoisotopic (exact) mass is 112 g/mol. The van der Waals surface area contributed by atoms with Crippen LogP contribution in [0.1, 0.15) is 6.42 Å². The van der Waals surface area contributed by atoms with Gasteiger partial charge in [0.05, 0.1) is 0 Å². The van der Waals surface area contributed by atoms with Gasteiger partial charge in [-0.25, -0.2) is 0 Å². The third kappa shape index (κ3) is 0.565. The molecule has 2 aliphatic heterocycles. The largest absolute Gasteiger partial charge is 0.316 e. The molecule has 0 aromatic rings. The lowest BCUT2D eigenvalue weighted by molar-refractivity contribution is 0.195. The van der Waals surface area contributed by atoms with Crippen LogP contribution in [0.25, 0.3) is 0 Å². The van der Waals surface area contributed by atoms with E-state index in [9.17, 15) is 0 Å². The molecule has 1 atom stereocenters. The summed E-state index contributed by atoms with van der Waals surface area (Å²) in [5, 5.41) is 6.68. The molecule has 2 saturated heterocycles. The molecule has 2 fully saturated rings. The molecule has 0 aliphatic carbocycles. The van der Waals surface area contributed by atoms with Gasteiger partial charge in [0.15, 0.2) is 0 Å². The standard InChI is InChI=1S/C6H12N2/c1-2-8-6(1)5-3-7-4-5/h5-8H,1-4H2. The van der Waals surface area contributed by atoms with Crippen molar-refractivity contribution in [2.75, 3.05) is 19.6 Å². The SMILES string of the molecule is C1CC(C2CNC2)N1. The van der Waals surface area contributed by atoms with E-state index in [0.717, 1.165) is 12.0 Å². The maximum Gasteiger partial charge on any atom is 0.0132 e. The molecule has 2 rings (SSSR count). The van der Waals surface area contributed by atoms with Crippen molar-refractivity contribution in [1.82, 2.24) is 10.6 Å². The van der Waals surface area contributed by atoms with Crippen LogP contribution in [0.15, 0.2) is 0 Å². The first-order valence-electron chi connectivity index (χ1n) is 3.41. The molecular formula is C6H12N2. The predicted octanol–water partition coefficient (Wildman–Crippen LogP) is -0.432. The molecule has 2 heteroatoms. The average Bonchev–Trinajstić information content (AvgIpc) is 1.47. The third-order valence-corrected chi connectivity index (χ3v) is 2.24. The quantitative estimate of drug-likeness (QED) is 0.481. The summed E-state index contributed by atoms with van der Waals surface area (Å²) < 4.78 is 0. The van der Waals surface area contributed by atoms with Crippen molar-refractivity contribution in [2.24, 2.45) is 5.92 Å². The van der Waals surface area contributed by atoms with Gasteiger partial charge in [-0.3, -0.25) is 0 Å². The van der Waals surface area contributed by atoms with Crippen LogP contribution in [0.4, 0.5) is 0 Å². The maximum absolute atomic E-state index is 3.41. The minimum atomic E-state index is 0.872. The molecule has 0 spiro atoms. The van der Waals surface area contributed by atoms with E-state index in [1.54, 1.807) is 0 Å². The van der Waals surface area contributed by atoms with Crippen molar-refractivity contribution in [3.05, 3.63) is 0 Å². The van der Waals surface area contributed by atoms with Gasteiger partial charge < -0.3 is 10.6 Å². The first-order chi connectivity index (χ1) is 3.97. The number of rotatable bonds is 1. The molecule has 2 aliphatic rings. The van der Waals surface area contributed by atoms with E-state index < -0.39 is 0 Å². The van der Waals surface area contributed by atoms with Gasteiger partial charge in [-0.05, 0) is 18.9 Å². The zero-order valence-corrected chi connectivity index (χ0v) is 4.98. The van der Waals surface area contributed by atoms with Crippen LogP contribution in [0.2, 0.25) is 0 Å². The highest BCUT2D eigenvalue weighted by Crippen LogP contribution is 2.16. The van der Waals surface area contributed by atoms with Gasteiger partial charge in [0.1, 0.15) is 0 Å². The van der Waals surface area contributed by atoms with Crippen LogP contribution in [0.3, 0.4) is 0 Å². The Morgan fingerprint density at radius 2 is 2.00 bits per heavy atom. The summed E-state index contributed by atoms with van der Waals surface area (Å²) in [5.41, 5.74) is 0. The molecule has 0 aromatic carbocycles. The van der Waals surface area contributed by atoms with Gasteiger partial charge in [0.2, 0.25) is 0 Å². The molecule has 1 unspecified atom stereocenters. The Bertz CT molecular complexity index is 72.5. The number of hydrogen-bond donors (Lipinski definition) is 2. The van der Waals surface area contributed by atoms with Crippen LogP contribution in [0, 0.1) is 5.92 Å². The molecule has 0 bridgehead atoms. The van der Waals surface area contributed by atoms with Crippen LogP contribution >= 0.6 is 0 Å². The minimum absolute atomic E-state index is 0.872. The van der Waals surface area contributed by atoms with Crippen molar-refractivity contribution in [2.45, 2.75) is 12.5 Å². The van der Waals surface area contributed by atoms with Crippen molar-refractivity contribution >= 4 is 0 Å². The molecular weight excluding hydrogens is 100 g/mol.